The summed E-state index contributed by atoms with van der Waals surface area (Å²) in [5.74, 6) is -0.472. The normalized spacial score (nSPS) is 15.1. The minimum absolute atomic E-state index is 0.122. The van der Waals surface area contributed by atoms with Crippen LogP contribution in [-0.2, 0) is 44.7 Å². The van der Waals surface area contributed by atoms with E-state index in [1.165, 1.54) is 21.7 Å². The van der Waals surface area contributed by atoms with Gasteiger partial charge in [-0.3, -0.25) is 34.4 Å². The van der Waals surface area contributed by atoms with Crippen molar-refractivity contribution >= 4 is 46.3 Å². The molecular formula is C44H39ClF3N7O8. The Kier molecular flexibility index (Phi) is 12.4. The maximum atomic E-state index is 13.8. The molecule has 2 aliphatic heterocycles. The standard InChI is InChI=1S/C44H39ClF3N7O8/c45-28-11-15-33-34(22-28)51-43(50-33)55-42(60)31(39(53-55)26-7-9-27(10-8-26)44(46,47)48)14-6-25-4-12-29(13-5-25)62-21-20-61-19-18-49-38(57)24-63-36-3-1-2-30-32(36)23-54(41(30)59)35-16-17-37(56)52-40(35)58/h1-5,7-13,15,22,35,53H,6,14,16-21,23-24H2,(H,49,57)(H,50,51)(H,52,56,58). The van der Waals surface area contributed by atoms with Crippen LogP contribution in [0.5, 0.6) is 11.5 Å². The molecule has 4 aromatic carbocycles. The Hall–Kier alpha value is -6.92. The van der Waals surface area contributed by atoms with Crippen molar-refractivity contribution in [3.8, 4) is 28.7 Å². The van der Waals surface area contributed by atoms with E-state index in [2.05, 4.69) is 25.7 Å². The molecule has 0 radical (unpaired) electrons. The van der Waals surface area contributed by atoms with Crippen LogP contribution in [0.4, 0.5) is 13.2 Å². The third-order valence-electron chi connectivity index (χ3n) is 10.7. The summed E-state index contributed by atoms with van der Waals surface area (Å²) in [5.41, 5.74) is 2.96. The van der Waals surface area contributed by atoms with Crippen LogP contribution in [0.3, 0.4) is 0 Å². The van der Waals surface area contributed by atoms with Crippen LogP contribution in [0, 0.1) is 0 Å². The van der Waals surface area contributed by atoms with Gasteiger partial charge in [-0.05, 0) is 85.0 Å². The largest absolute Gasteiger partial charge is 0.491 e. The van der Waals surface area contributed by atoms with Crippen LogP contribution < -0.4 is 25.7 Å². The first-order valence-corrected chi connectivity index (χ1v) is 20.3. The summed E-state index contributed by atoms with van der Waals surface area (Å²) in [6.45, 7) is 0.723. The highest BCUT2D eigenvalue weighted by atomic mass is 35.5. The van der Waals surface area contributed by atoms with Crippen LogP contribution in [0.2, 0.25) is 5.02 Å². The van der Waals surface area contributed by atoms with E-state index in [0.29, 0.717) is 61.9 Å². The van der Waals surface area contributed by atoms with Gasteiger partial charge in [0.2, 0.25) is 17.8 Å². The molecule has 2 aliphatic rings. The lowest BCUT2D eigenvalue weighted by Crippen LogP contribution is -2.52. The highest BCUT2D eigenvalue weighted by molar-refractivity contribution is 6.31. The number of aryl methyl sites for hydroxylation is 1. The van der Waals surface area contributed by atoms with Gasteiger partial charge in [0.25, 0.3) is 17.4 Å². The Bertz CT molecular complexity index is 2750. The van der Waals surface area contributed by atoms with Gasteiger partial charge in [-0.15, -0.1) is 0 Å². The Balaban J connectivity index is 0.789. The van der Waals surface area contributed by atoms with E-state index >= 15 is 0 Å². The number of hydrogen-bond donors (Lipinski definition) is 4. The number of ether oxygens (including phenoxy) is 3. The summed E-state index contributed by atoms with van der Waals surface area (Å²) in [4.78, 5) is 72.3. The molecule has 1 atom stereocenters. The molecule has 63 heavy (non-hydrogen) atoms. The Morgan fingerprint density at radius 3 is 2.48 bits per heavy atom. The minimum atomic E-state index is -4.51. The van der Waals surface area contributed by atoms with Gasteiger partial charge in [-0.2, -0.15) is 17.9 Å². The van der Waals surface area contributed by atoms with Crippen molar-refractivity contribution < 1.29 is 46.6 Å². The molecule has 1 unspecified atom stereocenters. The van der Waals surface area contributed by atoms with Crippen molar-refractivity contribution in [1.82, 2.24) is 35.3 Å². The van der Waals surface area contributed by atoms with E-state index in [4.69, 9.17) is 25.8 Å². The first-order valence-electron chi connectivity index (χ1n) is 19.9. The summed E-state index contributed by atoms with van der Waals surface area (Å²) in [7, 11) is 0. The van der Waals surface area contributed by atoms with Gasteiger partial charge in [0.05, 0.1) is 42.0 Å². The number of imidazole rings is 1. The monoisotopic (exact) mass is 885 g/mol. The van der Waals surface area contributed by atoms with Crippen molar-refractivity contribution in [2.24, 2.45) is 0 Å². The maximum Gasteiger partial charge on any atom is 0.416 e. The summed E-state index contributed by atoms with van der Waals surface area (Å²) >= 11 is 6.13. The number of aromatic nitrogens is 4. The number of amides is 4. The van der Waals surface area contributed by atoms with Crippen LogP contribution in [0.1, 0.15) is 45.5 Å². The van der Waals surface area contributed by atoms with Gasteiger partial charge >= 0.3 is 6.18 Å². The first-order chi connectivity index (χ1) is 30.3. The summed E-state index contributed by atoms with van der Waals surface area (Å²) in [6.07, 6.45) is -3.43. The zero-order valence-electron chi connectivity index (χ0n) is 33.4. The highest BCUT2D eigenvalue weighted by Gasteiger charge is 2.40. The van der Waals surface area contributed by atoms with E-state index in [-0.39, 0.29) is 76.5 Å². The lowest BCUT2D eigenvalue weighted by Gasteiger charge is -2.29. The molecule has 326 valence electrons. The number of halogens is 4. The Labute approximate surface area is 361 Å². The molecule has 6 aromatic rings. The second-order valence-electron chi connectivity index (χ2n) is 14.8. The molecule has 8 rings (SSSR count). The summed E-state index contributed by atoms with van der Waals surface area (Å²) in [5, 5.41) is 8.52. The van der Waals surface area contributed by atoms with E-state index in [1.807, 2.05) is 12.1 Å². The fourth-order valence-corrected chi connectivity index (χ4v) is 7.66. The zero-order chi connectivity index (χ0) is 44.3. The van der Waals surface area contributed by atoms with Gasteiger partial charge in [0, 0.05) is 34.7 Å². The van der Waals surface area contributed by atoms with Crippen molar-refractivity contribution in [2.45, 2.75) is 44.4 Å². The number of carbonyl (C=O) groups is 4. The Morgan fingerprint density at radius 2 is 1.71 bits per heavy atom. The van der Waals surface area contributed by atoms with Crippen LogP contribution >= 0.6 is 11.6 Å². The van der Waals surface area contributed by atoms with E-state index in [9.17, 15) is 37.1 Å². The Morgan fingerprint density at radius 1 is 0.921 bits per heavy atom. The molecule has 1 fully saturated rings. The summed E-state index contributed by atoms with van der Waals surface area (Å²) < 4.78 is 58.4. The second kappa shape index (κ2) is 18.2. The van der Waals surface area contributed by atoms with Crippen molar-refractivity contribution in [2.75, 3.05) is 33.0 Å². The number of nitrogens with zero attached hydrogens (tertiary/aromatic N) is 3. The molecule has 2 aromatic heterocycles. The second-order valence-corrected chi connectivity index (χ2v) is 15.3. The quantitative estimate of drug-likeness (QED) is 0.0717. The van der Waals surface area contributed by atoms with Crippen LogP contribution in [-0.4, -0.2) is 87.3 Å². The predicted octanol–water partition coefficient (Wildman–Crippen LogP) is 5.52. The third-order valence-corrected chi connectivity index (χ3v) is 10.9. The smallest absolute Gasteiger partial charge is 0.416 e. The van der Waals surface area contributed by atoms with Crippen molar-refractivity contribution in [3.63, 3.8) is 0 Å². The molecule has 0 aliphatic carbocycles. The van der Waals surface area contributed by atoms with Gasteiger partial charge in [0.1, 0.15) is 24.1 Å². The van der Waals surface area contributed by atoms with E-state index in [1.54, 1.807) is 48.5 Å². The van der Waals surface area contributed by atoms with Crippen molar-refractivity contribution in [3.05, 3.63) is 128 Å². The molecule has 0 bridgehead atoms. The number of aromatic amines is 2. The number of imide groups is 1. The van der Waals surface area contributed by atoms with Crippen LogP contribution in [0.15, 0.2) is 89.7 Å². The molecule has 4 heterocycles. The average molecular weight is 886 g/mol. The maximum absolute atomic E-state index is 13.8. The number of hydrogen-bond acceptors (Lipinski definition) is 9. The first kappa shape index (κ1) is 42.8. The fraction of sp³-hybridized carbons (Fsp3) is 0.273. The third kappa shape index (κ3) is 9.61. The number of benzene rings is 4. The molecule has 4 amide bonds. The molecule has 0 spiro atoms. The van der Waals surface area contributed by atoms with Gasteiger partial charge in [0.15, 0.2) is 6.61 Å². The predicted molar refractivity (Wildman–Crippen MR) is 223 cm³/mol. The fourth-order valence-electron chi connectivity index (χ4n) is 7.48. The molecule has 0 saturated carbocycles. The van der Waals surface area contributed by atoms with Gasteiger partial charge in [-0.25, -0.2) is 4.98 Å². The zero-order valence-corrected chi connectivity index (χ0v) is 34.1. The molecule has 15 nitrogen and oxygen atoms in total. The van der Waals surface area contributed by atoms with E-state index < -0.39 is 35.2 Å². The number of piperidine rings is 1. The van der Waals surface area contributed by atoms with E-state index in [0.717, 1.165) is 17.7 Å². The topological polar surface area (TPSA) is 190 Å². The minimum Gasteiger partial charge on any atom is -0.491 e. The number of carbonyl (C=O) groups excluding carboxylic acids is 4. The number of H-pyrrole nitrogens is 2. The van der Waals surface area contributed by atoms with Crippen LogP contribution in [0.25, 0.3) is 28.2 Å². The lowest BCUT2D eigenvalue weighted by molar-refractivity contribution is -0.138. The number of fused-ring (bicyclic) bond motifs is 2. The molecular weight excluding hydrogens is 847 g/mol. The number of nitrogens with one attached hydrogen (secondary N) is 4. The van der Waals surface area contributed by atoms with Crippen molar-refractivity contribution in [1.29, 1.82) is 0 Å². The van der Waals surface area contributed by atoms with Gasteiger partial charge < -0.3 is 29.4 Å². The highest BCUT2D eigenvalue weighted by Crippen LogP contribution is 2.34. The summed E-state index contributed by atoms with van der Waals surface area (Å²) in [6, 6.07) is 21.1. The average Bonchev–Trinajstić information content (AvgIpc) is 3.94. The number of alkyl halides is 3. The van der Waals surface area contributed by atoms with Gasteiger partial charge in [-0.1, -0.05) is 41.9 Å². The lowest BCUT2D eigenvalue weighted by atomic mass is 10.0. The SMILES string of the molecule is O=C(COc1cccc2c1CN(C1CCC(=O)NC1=O)C2=O)NCCOCCOc1ccc(CCc2c(-c3ccc(C(F)(F)F)cc3)[nH]n(-c3nc4ccc(Cl)cc4[nH]3)c2=O)cc1. The molecule has 1 saturated heterocycles. The molecule has 19 heteroatoms. The molecule has 4 N–H and O–H groups in total. The number of rotatable bonds is 16.